The van der Waals surface area contributed by atoms with Gasteiger partial charge in [-0.3, -0.25) is 4.79 Å². The first-order valence-corrected chi connectivity index (χ1v) is 7.22. The molecule has 9 heteroatoms. The zero-order valence-electron chi connectivity index (χ0n) is 13.2. The van der Waals surface area contributed by atoms with Crippen molar-refractivity contribution in [3.63, 3.8) is 0 Å². The summed E-state index contributed by atoms with van der Waals surface area (Å²) in [5, 5.41) is 10.1. The Morgan fingerprint density at radius 2 is 2.08 bits per heavy atom. The molecule has 1 amide bonds. The third kappa shape index (κ3) is 3.91. The summed E-state index contributed by atoms with van der Waals surface area (Å²) in [6.07, 6.45) is -4.46. The van der Waals surface area contributed by atoms with Gasteiger partial charge in [-0.05, 0) is 13.0 Å². The van der Waals surface area contributed by atoms with Crippen LogP contribution in [-0.2, 0) is 28.8 Å². The Balaban J connectivity index is 2.18. The number of carbonyl (C=O) groups excluding carboxylic acids is 1. The predicted molar refractivity (Wildman–Crippen MR) is 78.7 cm³/mol. The lowest BCUT2D eigenvalue weighted by Crippen LogP contribution is -2.32. The van der Waals surface area contributed by atoms with Crippen LogP contribution in [0.3, 0.4) is 0 Å². The molecule has 0 saturated carbocycles. The van der Waals surface area contributed by atoms with Crippen LogP contribution in [0.4, 0.5) is 13.2 Å². The second-order valence-electron chi connectivity index (χ2n) is 4.96. The molecule has 6 nitrogen and oxygen atoms in total. The Bertz CT molecular complexity index is 700. The Labute approximate surface area is 136 Å². The average Bonchev–Trinajstić information content (AvgIpc) is 3.00. The maximum atomic E-state index is 13.1. The van der Waals surface area contributed by atoms with Crippen molar-refractivity contribution in [2.24, 2.45) is 0 Å². The number of ether oxygens (including phenoxy) is 1. The minimum atomic E-state index is -4.57. The Morgan fingerprint density at radius 1 is 1.38 bits per heavy atom. The molecular formula is C15H17F3N4O2. The minimum Gasteiger partial charge on any atom is -0.367 e. The van der Waals surface area contributed by atoms with Gasteiger partial charge in [0.15, 0.2) is 6.10 Å². The zero-order valence-corrected chi connectivity index (χ0v) is 13.2. The number of hydrogen-bond acceptors (Lipinski definition) is 4. The van der Waals surface area contributed by atoms with Crippen LogP contribution < -0.4 is 5.32 Å². The molecule has 0 fully saturated rings. The highest BCUT2D eigenvalue weighted by atomic mass is 19.4. The van der Waals surface area contributed by atoms with E-state index in [4.69, 9.17) is 4.74 Å². The molecule has 0 saturated heterocycles. The molecule has 1 atom stereocenters. The number of nitrogens with one attached hydrogen (secondary N) is 1. The standard InChI is InChI=1S/C15H17F3N4O2/c1-3-22-10(9-20-21-22)8-19-14(23)13(24-2)11-6-4-5-7-12(11)15(16,17)18/h4-7,9,13H,3,8H2,1-2H3,(H,19,23). The summed E-state index contributed by atoms with van der Waals surface area (Å²) in [7, 11) is 1.19. The first-order chi connectivity index (χ1) is 11.4. The van der Waals surface area contributed by atoms with E-state index >= 15 is 0 Å². The van der Waals surface area contributed by atoms with E-state index in [2.05, 4.69) is 15.6 Å². The summed E-state index contributed by atoms with van der Waals surface area (Å²) >= 11 is 0. The van der Waals surface area contributed by atoms with Crippen molar-refractivity contribution in [3.05, 3.63) is 47.3 Å². The second kappa shape index (κ2) is 7.43. The van der Waals surface area contributed by atoms with Crippen LogP contribution in [0.2, 0.25) is 0 Å². The molecule has 1 heterocycles. The van der Waals surface area contributed by atoms with Crippen LogP contribution in [0.15, 0.2) is 30.5 Å². The van der Waals surface area contributed by atoms with Crippen molar-refractivity contribution >= 4 is 5.91 Å². The molecule has 2 aromatic rings. The highest BCUT2D eigenvalue weighted by Crippen LogP contribution is 2.35. The van der Waals surface area contributed by atoms with Crippen LogP contribution in [0.5, 0.6) is 0 Å². The zero-order chi connectivity index (χ0) is 17.7. The van der Waals surface area contributed by atoms with Crippen LogP contribution in [0.1, 0.15) is 29.8 Å². The van der Waals surface area contributed by atoms with Gasteiger partial charge in [0.05, 0.1) is 24.0 Å². The third-order valence-corrected chi connectivity index (χ3v) is 3.46. The topological polar surface area (TPSA) is 69.0 Å². The van der Waals surface area contributed by atoms with Gasteiger partial charge in [-0.15, -0.1) is 5.10 Å². The minimum absolute atomic E-state index is 0.0910. The number of rotatable bonds is 6. The second-order valence-corrected chi connectivity index (χ2v) is 4.96. The van der Waals surface area contributed by atoms with E-state index in [1.54, 1.807) is 4.68 Å². The molecule has 1 aromatic carbocycles. The summed E-state index contributed by atoms with van der Waals surface area (Å²) in [5.41, 5.74) is -0.482. The quantitative estimate of drug-likeness (QED) is 0.875. The van der Waals surface area contributed by atoms with Gasteiger partial charge in [-0.25, -0.2) is 4.68 Å². The molecule has 0 aliphatic rings. The summed E-state index contributed by atoms with van der Waals surface area (Å²) in [4.78, 5) is 12.3. The normalized spacial score (nSPS) is 12.9. The summed E-state index contributed by atoms with van der Waals surface area (Å²) in [5.74, 6) is -0.668. The fraction of sp³-hybridized carbons (Fsp3) is 0.400. The van der Waals surface area contributed by atoms with E-state index in [1.807, 2.05) is 6.92 Å². The molecule has 0 aliphatic carbocycles. The number of halogens is 3. The molecule has 1 unspecified atom stereocenters. The molecular weight excluding hydrogens is 325 g/mol. The van der Waals surface area contributed by atoms with Gasteiger partial charge in [0.2, 0.25) is 0 Å². The lowest BCUT2D eigenvalue weighted by molar-refractivity contribution is -0.141. The smallest absolute Gasteiger partial charge is 0.367 e. The lowest BCUT2D eigenvalue weighted by atomic mass is 10.0. The van der Waals surface area contributed by atoms with E-state index in [0.29, 0.717) is 12.2 Å². The fourth-order valence-electron chi connectivity index (χ4n) is 2.31. The number of carbonyl (C=O) groups is 1. The highest BCUT2D eigenvalue weighted by molar-refractivity contribution is 5.82. The molecule has 0 radical (unpaired) electrons. The molecule has 0 aliphatic heterocycles. The number of aromatic nitrogens is 3. The van der Waals surface area contributed by atoms with Crippen LogP contribution >= 0.6 is 0 Å². The molecule has 2 rings (SSSR count). The van der Waals surface area contributed by atoms with Crippen molar-refractivity contribution in [1.29, 1.82) is 0 Å². The van der Waals surface area contributed by atoms with Crippen LogP contribution in [0.25, 0.3) is 0 Å². The number of alkyl halides is 3. The number of aryl methyl sites for hydroxylation is 1. The number of hydrogen-bond donors (Lipinski definition) is 1. The Kier molecular flexibility index (Phi) is 5.55. The van der Waals surface area contributed by atoms with Gasteiger partial charge in [-0.2, -0.15) is 13.2 Å². The van der Waals surface area contributed by atoms with Gasteiger partial charge in [-0.1, -0.05) is 23.4 Å². The Hall–Kier alpha value is -2.42. The maximum Gasteiger partial charge on any atom is 0.416 e. The molecule has 0 bridgehead atoms. The van der Waals surface area contributed by atoms with Crippen molar-refractivity contribution in [3.8, 4) is 0 Å². The van der Waals surface area contributed by atoms with E-state index in [0.717, 1.165) is 6.07 Å². The van der Waals surface area contributed by atoms with Crippen molar-refractivity contribution < 1.29 is 22.7 Å². The number of methoxy groups -OCH3 is 1. The molecule has 1 aromatic heterocycles. The highest BCUT2D eigenvalue weighted by Gasteiger charge is 2.36. The average molecular weight is 342 g/mol. The van der Waals surface area contributed by atoms with E-state index in [-0.39, 0.29) is 12.1 Å². The monoisotopic (exact) mass is 342 g/mol. The summed E-state index contributed by atoms with van der Waals surface area (Å²) in [6, 6.07) is 4.85. The molecule has 130 valence electrons. The van der Waals surface area contributed by atoms with E-state index < -0.39 is 23.8 Å². The molecule has 24 heavy (non-hydrogen) atoms. The van der Waals surface area contributed by atoms with Crippen LogP contribution in [-0.4, -0.2) is 28.0 Å². The third-order valence-electron chi connectivity index (χ3n) is 3.46. The van der Waals surface area contributed by atoms with Gasteiger partial charge >= 0.3 is 6.18 Å². The SMILES string of the molecule is CCn1nncc1CNC(=O)C(OC)c1ccccc1C(F)(F)F. The summed E-state index contributed by atoms with van der Waals surface area (Å²) < 4.78 is 45.9. The van der Waals surface area contributed by atoms with Crippen molar-refractivity contribution in [2.45, 2.75) is 32.3 Å². The van der Waals surface area contributed by atoms with Gasteiger partial charge in [0.1, 0.15) is 0 Å². The lowest BCUT2D eigenvalue weighted by Gasteiger charge is -2.20. The van der Waals surface area contributed by atoms with Crippen molar-refractivity contribution in [2.75, 3.05) is 7.11 Å². The van der Waals surface area contributed by atoms with E-state index in [1.165, 1.54) is 31.5 Å². The first-order valence-electron chi connectivity index (χ1n) is 7.22. The van der Waals surface area contributed by atoms with Gasteiger partial charge in [0.25, 0.3) is 5.91 Å². The molecule has 1 N–H and O–H groups in total. The number of benzene rings is 1. The summed E-state index contributed by atoms with van der Waals surface area (Å²) in [6.45, 7) is 2.51. The van der Waals surface area contributed by atoms with Gasteiger partial charge < -0.3 is 10.1 Å². The maximum absolute atomic E-state index is 13.1. The van der Waals surface area contributed by atoms with Crippen LogP contribution in [0, 0.1) is 0 Å². The fourth-order valence-corrected chi connectivity index (χ4v) is 2.31. The van der Waals surface area contributed by atoms with Gasteiger partial charge in [0, 0.05) is 19.2 Å². The largest absolute Gasteiger partial charge is 0.416 e. The van der Waals surface area contributed by atoms with Crippen molar-refractivity contribution in [1.82, 2.24) is 20.3 Å². The number of nitrogens with zero attached hydrogens (tertiary/aromatic N) is 3. The number of amides is 1. The predicted octanol–water partition coefficient (Wildman–Crippen LogP) is 2.32. The molecule has 0 spiro atoms. The first kappa shape index (κ1) is 17.9. The van der Waals surface area contributed by atoms with E-state index in [9.17, 15) is 18.0 Å². The Morgan fingerprint density at radius 3 is 2.71 bits per heavy atom.